The largest absolute Gasteiger partial charge is 0.441 e. The van der Waals surface area contributed by atoms with Crippen LogP contribution in [0.3, 0.4) is 0 Å². The van der Waals surface area contributed by atoms with Crippen molar-refractivity contribution in [3.8, 4) is 0 Å². The van der Waals surface area contributed by atoms with Crippen LogP contribution in [0.25, 0.3) is 0 Å². The predicted octanol–water partition coefficient (Wildman–Crippen LogP) is 3.65. The van der Waals surface area contributed by atoms with Crippen LogP contribution in [0.15, 0.2) is 0 Å². The van der Waals surface area contributed by atoms with Crippen molar-refractivity contribution in [1.82, 2.24) is 5.32 Å². The number of hydrogen-bond acceptors (Lipinski definition) is 2. The third-order valence-electron chi connectivity index (χ3n) is 2.13. The lowest BCUT2D eigenvalue weighted by atomic mass is 10.0. The molecule has 0 aliphatic heterocycles. The summed E-state index contributed by atoms with van der Waals surface area (Å²) in [7, 11) is 1.87. The quantitative estimate of drug-likeness (QED) is 0.685. The molecule has 0 aromatic rings. The molecule has 0 rings (SSSR count). The van der Waals surface area contributed by atoms with Crippen molar-refractivity contribution in [1.29, 1.82) is 0 Å². The smallest absolute Gasteiger partial charge is 0.317 e. The monoisotopic (exact) mass is 243 g/mol. The Morgan fingerprint density at radius 1 is 1.27 bits per heavy atom. The van der Waals surface area contributed by atoms with E-state index in [2.05, 4.69) is 19.2 Å². The zero-order chi connectivity index (χ0) is 11.9. The number of hydrogen-bond donors (Lipinski definition) is 1. The van der Waals surface area contributed by atoms with E-state index in [0.717, 1.165) is 12.8 Å². The maximum absolute atomic E-state index is 11.8. The van der Waals surface area contributed by atoms with Gasteiger partial charge in [-0.2, -0.15) is 13.2 Å². The second-order valence-corrected chi connectivity index (χ2v) is 5.21. The van der Waals surface area contributed by atoms with Crippen LogP contribution in [0, 0.1) is 5.92 Å². The Balaban J connectivity index is 3.55. The fraction of sp³-hybridized carbons (Fsp3) is 1.00. The van der Waals surface area contributed by atoms with E-state index < -0.39 is 5.51 Å². The molecule has 0 fully saturated rings. The van der Waals surface area contributed by atoms with Crippen molar-refractivity contribution in [2.75, 3.05) is 12.8 Å². The number of thioether (sulfide) groups is 1. The van der Waals surface area contributed by atoms with Gasteiger partial charge in [0.15, 0.2) is 0 Å². The van der Waals surface area contributed by atoms with Crippen molar-refractivity contribution in [3.05, 3.63) is 0 Å². The minimum atomic E-state index is -4.08. The van der Waals surface area contributed by atoms with Crippen molar-refractivity contribution in [3.63, 3.8) is 0 Å². The third-order valence-corrected chi connectivity index (χ3v) is 2.95. The fourth-order valence-corrected chi connectivity index (χ4v) is 2.01. The van der Waals surface area contributed by atoms with Gasteiger partial charge in [-0.15, -0.1) is 0 Å². The lowest BCUT2D eigenvalue weighted by Gasteiger charge is -2.18. The van der Waals surface area contributed by atoms with E-state index in [4.69, 9.17) is 0 Å². The van der Waals surface area contributed by atoms with Gasteiger partial charge in [0, 0.05) is 11.8 Å². The first-order valence-electron chi connectivity index (χ1n) is 5.23. The minimum Gasteiger partial charge on any atom is -0.317 e. The summed E-state index contributed by atoms with van der Waals surface area (Å²) in [5.41, 5.74) is -4.08. The molecular formula is C10H20F3NS. The van der Waals surface area contributed by atoms with E-state index in [9.17, 15) is 13.2 Å². The molecule has 0 saturated heterocycles. The van der Waals surface area contributed by atoms with Gasteiger partial charge >= 0.3 is 5.51 Å². The minimum absolute atomic E-state index is 0.0771. The van der Waals surface area contributed by atoms with E-state index in [1.807, 2.05) is 7.05 Å². The topological polar surface area (TPSA) is 12.0 Å². The number of nitrogens with one attached hydrogen (secondary N) is 1. The summed E-state index contributed by atoms with van der Waals surface area (Å²) >= 11 is 0.0771. The molecule has 1 nitrogen and oxygen atoms in total. The molecule has 0 aliphatic rings. The van der Waals surface area contributed by atoms with Crippen LogP contribution in [0.2, 0.25) is 0 Å². The van der Waals surface area contributed by atoms with Crippen LogP contribution in [-0.4, -0.2) is 24.4 Å². The normalized spacial score (nSPS) is 14.6. The molecule has 0 bridgehead atoms. The summed E-state index contributed by atoms with van der Waals surface area (Å²) in [6.07, 6.45) is 2.45. The molecule has 0 heterocycles. The van der Waals surface area contributed by atoms with Crippen molar-refractivity contribution < 1.29 is 13.2 Å². The fourth-order valence-electron chi connectivity index (χ4n) is 1.47. The third kappa shape index (κ3) is 10.4. The maximum Gasteiger partial charge on any atom is 0.441 e. The Morgan fingerprint density at radius 2 is 1.87 bits per heavy atom. The molecule has 0 radical (unpaired) electrons. The Morgan fingerprint density at radius 3 is 2.27 bits per heavy atom. The summed E-state index contributed by atoms with van der Waals surface area (Å²) < 4.78 is 35.5. The number of halogens is 3. The molecule has 92 valence electrons. The highest BCUT2D eigenvalue weighted by atomic mass is 32.2. The molecule has 0 amide bonds. The molecule has 0 spiro atoms. The highest BCUT2D eigenvalue weighted by molar-refractivity contribution is 8.00. The van der Waals surface area contributed by atoms with Crippen LogP contribution in [-0.2, 0) is 0 Å². The molecule has 1 unspecified atom stereocenters. The van der Waals surface area contributed by atoms with E-state index in [1.54, 1.807) is 0 Å². The van der Waals surface area contributed by atoms with Gasteiger partial charge < -0.3 is 5.32 Å². The van der Waals surface area contributed by atoms with Gasteiger partial charge in [0.2, 0.25) is 0 Å². The summed E-state index contributed by atoms with van der Waals surface area (Å²) in [6.45, 7) is 4.24. The van der Waals surface area contributed by atoms with Crippen LogP contribution in [0.5, 0.6) is 0 Å². The van der Waals surface area contributed by atoms with Gasteiger partial charge in [-0.1, -0.05) is 25.6 Å². The van der Waals surface area contributed by atoms with Gasteiger partial charge in [0.05, 0.1) is 0 Å². The van der Waals surface area contributed by atoms with Crippen molar-refractivity contribution >= 4 is 11.8 Å². The second kappa shape index (κ2) is 7.39. The molecule has 0 aliphatic carbocycles. The van der Waals surface area contributed by atoms with Crippen molar-refractivity contribution in [2.24, 2.45) is 5.92 Å². The van der Waals surface area contributed by atoms with Crippen LogP contribution >= 0.6 is 11.8 Å². The Bertz CT molecular complexity index is 159. The first-order chi connectivity index (χ1) is 6.85. The SMILES string of the molecule is CNC(CCCSC(F)(F)F)CC(C)C. The van der Waals surface area contributed by atoms with Gasteiger partial charge in [-0.05, 0) is 32.2 Å². The van der Waals surface area contributed by atoms with Crippen molar-refractivity contribution in [2.45, 2.75) is 44.7 Å². The summed E-state index contributed by atoms with van der Waals surface area (Å²) in [4.78, 5) is 0. The van der Waals surface area contributed by atoms with E-state index in [0.29, 0.717) is 18.4 Å². The van der Waals surface area contributed by atoms with E-state index >= 15 is 0 Å². The number of alkyl halides is 3. The molecule has 0 aromatic carbocycles. The Hall–Kier alpha value is 0.100. The average Bonchev–Trinajstić information content (AvgIpc) is 2.08. The van der Waals surface area contributed by atoms with Crippen LogP contribution < -0.4 is 5.32 Å². The van der Waals surface area contributed by atoms with E-state index in [1.165, 1.54) is 0 Å². The highest BCUT2D eigenvalue weighted by Crippen LogP contribution is 2.30. The molecular weight excluding hydrogens is 223 g/mol. The molecule has 5 heteroatoms. The summed E-state index contributed by atoms with van der Waals surface area (Å²) in [5.74, 6) is 0.748. The highest BCUT2D eigenvalue weighted by Gasteiger charge is 2.27. The molecule has 0 saturated carbocycles. The predicted molar refractivity (Wildman–Crippen MR) is 60.0 cm³/mol. The second-order valence-electron chi connectivity index (χ2n) is 4.05. The lowest BCUT2D eigenvalue weighted by molar-refractivity contribution is -0.0328. The maximum atomic E-state index is 11.8. The lowest BCUT2D eigenvalue weighted by Crippen LogP contribution is -2.26. The van der Waals surface area contributed by atoms with Crippen LogP contribution in [0.1, 0.15) is 33.1 Å². The van der Waals surface area contributed by atoms with Gasteiger partial charge in [-0.25, -0.2) is 0 Å². The van der Waals surface area contributed by atoms with Gasteiger partial charge in [0.25, 0.3) is 0 Å². The Labute approximate surface area is 94.2 Å². The molecule has 1 N–H and O–H groups in total. The van der Waals surface area contributed by atoms with Gasteiger partial charge in [0.1, 0.15) is 0 Å². The van der Waals surface area contributed by atoms with Gasteiger partial charge in [-0.3, -0.25) is 0 Å². The standard InChI is InChI=1S/C10H20F3NS/c1-8(2)7-9(14-3)5-4-6-15-10(11,12)13/h8-9,14H,4-7H2,1-3H3. The molecule has 15 heavy (non-hydrogen) atoms. The van der Waals surface area contributed by atoms with E-state index in [-0.39, 0.29) is 17.5 Å². The summed E-state index contributed by atoms with van der Waals surface area (Å²) in [6, 6.07) is 0.346. The first kappa shape index (κ1) is 15.1. The Kier molecular flexibility index (Phi) is 7.44. The average molecular weight is 243 g/mol. The zero-order valence-corrected chi connectivity index (χ0v) is 10.3. The van der Waals surface area contributed by atoms with Crippen LogP contribution in [0.4, 0.5) is 13.2 Å². The molecule has 1 atom stereocenters. The summed E-state index contributed by atoms with van der Waals surface area (Å²) in [5, 5.41) is 3.14. The number of rotatable bonds is 7. The first-order valence-corrected chi connectivity index (χ1v) is 6.21. The molecule has 0 aromatic heterocycles. The zero-order valence-electron chi connectivity index (χ0n) is 9.53.